The summed E-state index contributed by atoms with van der Waals surface area (Å²) in [6, 6.07) is 5.73. The van der Waals surface area contributed by atoms with E-state index in [1.807, 2.05) is 23.6 Å². The van der Waals surface area contributed by atoms with Crippen LogP contribution in [0.1, 0.15) is 19.8 Å². The largest absolute Gasteiger partial charge is 0.493 e. The van der Waals surface area contributed by atoms with Gasteiger partial charge in [0.2, 0.25) is 0 Å². The van der Waals surface area contributed by atoms with Crippen LogP contribution in [0.3, 0.4) is 0 Å². The summed E-state index contributed by atoms with van der Waals surface area (Å²) in [4.78, 5) is 6.05. The van der Waals surface area contributed by atoms with Gasteiger partial charge in [-0.1, -0.05) is 24.3 Å². The maximum absolute atomic E-state index is 13.3. The van der Waals surface area contributed by atoms with Crippen molar-refractivity contribution in [3.8, 4) is 22.8 Å². The number of sulfone groups is 1. The summed E-state index contributed by atoms with van der Waals surface area (Å²) in [6.45, 7) is 3.05. The van der Waals surface area contributed by atoms with Crippen LogP contribution in [0.25, 0.3) is 11.3 Å². The molecule has 0 bridgehead atoms. The summed E-state index contributed by atoms with van der Waals surface area (Å²) in [5.74, 6) is 1.33. The number of ether oxygens (including phenoxy) is 2. The second-order valence-corrected chi connectivity index (χ2v) is 12.2. The lowest BCUT2D eigenvalue weighted by atomic mass is 10.0. The van der Waals surface area contributed by atoms with Gasteiger partial charge in [0.25, 0.3) is 0 Å². The normalized spacial score (nSPS) is 24.0. The SMILES string of the molecule is COc1ccc(-c2csc(N3CCC(S(=O)(=O)C4C=CC=CC4(C)Cl)CC3)n2)cc1OC. The highest BCUT2D eigenvalue weighted by Gasteiger charge is 2.44. The molecule has 172 valence electrons. The monoisotopic (exact) mass is 494 g/mol. The molecule has 0 saturated carbocycles. The maximum atomic E-state index is 13.3. The molecule has 1 aromatic carbocycles. The fourth-order valence-corrected chi connectivity index (χ4v) is 7.96. The summed E-state index contributed by atoms with van der Waals surface area (Å²) in [7, 11) is -0.172. The van der Waals surface area contributed by atoms with Crippen LogP contribution in [0, 0.1) is 0 Å². The Balaban J connectivity index is 1.45. The minimum atomic E-state index is -3.39. The van der Waals surface area contributed by atoms with Gasteiger partial charge in [-0.15, -0.1) is 22.9 Å². The summed E-state index contributed by atoms with van der Waals surface area (Å²) in [6.07, 6.45) is 8.18. The van der Waals surface area contributed by atoms with Crippen LogP contribution in [-0.4, -0.2) is 56.1 Å². The molecule has 1 aliphatic heterocycles. The summed E-state index contributed by atoms with van der Waals surface area (Å²) in [5.41, 5.74) is 1.80. The molecule has 6 nitrogen and oxygen atoms in total. The quantitative estimate of drug-likeness (QED) is 0.542. The van der Waals surface area contributed by atoms with Gasteiger partial charge < -0.3 is 14.4 Å². The fraction of sp³-hybridized carbons (Fsp3) is 0.435. The van der Waals surface area contributed by atoms with E-state index in [2.05, 4.69) is 4.90 Å². The molecule has 1 aliphatic carbocycles. The zero-order chi connectivity index (χ0) is 22.9. The summed E-state index contributed by atoms with van der Waals surface area (Å²) in [5, 5.41) is 1.81. The van der Waals surface area contributed by atoms with E-state index >= 15 is 0 Å². The van der Waals surface area contributed by atoms with Crippen molar-refractivity contribution in [2.75, 3.05) is 32.2 Å². The molecule has 1 fully saturated rings. The molecule has 0 amide bonds. The van der Waals surface area contributed by atoms with Gasteiger partial charge in [0.15, 0.2) is 26.5 Å². The van der Waals surface area contributed by atoms with Gasteiger partial charge in [-0.3, -0.25) is 0 Å². The Morgan fingerprint density at radius 2 is 1.88 bits per heavy atom. The molecule has 2 atom stereocenters. The Labute approximate surface area is 198 Å². The number of benzene rings is 1. The number of aromatic nitrogens is 1. The molecule has 0 N–H and O–H groups in total. The van der Waals surface area contributed by atoms with E-state index in [1.54, 1.807) is 56.8 Å². The van der Waals surface area contributed by atoms with E-state index in [0.29, 0.717) is 37.4 Å². The number of hydrogen-bond acceptors (Lipinski definition) is 7. The Hall–Kier alpha value is -2.03. The Morgan fingerprint density at radius 1 is 1.16 bits per heavy atom. The van der Waals surface area contributed by atoms with Crippen LogP contribution in [0.2, 0.25) is 0 Å². The molecule has 2 heterocycles. The second-order valence-electron chi connectivity index (χ2n) is 8.18. The predicted octanol–water partition coefficient (Wildman–Crippen LogP) is 4.70. The molecule has 1 aromatic heterocycles. The van der Waals surface area contributed by atoms with Crippen molar-refractivity contribution in [1.29, 1.82) is 0 Å². The smallest absolute Gasteiger partial charge is 0.185 e. The highest BCUT2D eigenvalue weighted by molar-refractivity contribution is 7.93. The number of allylic oxidation sites excluding steroid dienone is 3. The van der Waals surface area contributed by atoms with E-state index in [9.17, 15) is 8.42 Å². The van der Waals surface area contributed by atoms with Crippen molar-refractivity contribution < 1.29 is 17.9 Å². The Kier molecular flexibility index (Phi) is 6.56. The molecule has 0 radical (unpaired) electrons. The van der Waals surface area contributed by atoms with Crippen molar-refractivity contribution >= 4 is 37.9 Å². The molecule has 9 heteroatoms. The van der Waals surface area contributed by atoms with Gasteiger partial charge in [-0.05, 0) is 38.0 Å². The standard InChI is InChI=1S/C23H27ClN2O4S2/c1-23(24)11-5-4-6-21(23)32(27,28)17-9-12-26(13-10-17)22-25-18(15-31-22)16-7-8-19(29-2)20(14-16)30-3/h4-8,11,14-15,17,21H,9-10,12-13H2,1-3H3. The molecular formula is C23H27ClN2O4S2. The first kappa shape index (κ1) is 23.1. The van der Waals surface area contributed by atoms with Gasteiger partial charge in [-0.25, -0.2) is 13.4 Å². The maximum Gasteiger partial charge on any atom is 0.185 e. The van der Waals surface area contributed by atoms with Crippen molar-refractivity contribution in [3.63, 3.8) is 0 Å². The number of thiazole rings is 1. The molecule has 0 spiro atoms. The molecule has 2 aliphatic rings. The number of piperidine rings is 1. The third-order valence-corrected chi connectivity index (χ3v) is 10.2. The van der Waals surface area contributed by atoms with E-state index < -0.39 is 25.2 Å². The van der Waals surface area contributed by atoms with Crippen LogP contribution >= 0.6 is 22.9 Å². The first-order valence-corrected chi connectivity index (χ1v) is 13.3. The van der Waals surface area contributed by atoms with Crippen LogP contribution in [0.15, 0.2) is 47.9 Å². The van der Waals surface area contributed by atoms with Crippen LogP contribution in [-0.2, 0) is 9.84 Å². The highest BCUT2D eigenvalue weighted by Crippen LogP contribution is 2.37. The minimum Gasteiger partial charge on any atom is -0.493 e. The molecule has 2 aromatic rings. The molecule has 32 heavy (non-hydrogen) atoms. The van der Waals surface area contributed by atoms with E-state index in [0.717, 1.165) is 16.4 Å². The third kappa shape index (κ3) is 4.40. The van der Waals surface area contributed by atoms with Gasteiger partial charge in [0.1, 0.15) is 5.25 Å². The van der Waals surface area contributed by atoms with Crippen molar-refractivity contribution in [3.05, 3.63) is 47.9 Å². The van der Waals surface area contributed by atoms with Gasteiger partial charge in [0, 0.05) is 24.0 Å². The third-order valence-electron chi connectivity index (χ3n) is 6.08. The number of methoxy groups -OCH3 is 2. The van der Waals surface area contributed by atoms with Crippen molar-refractivity contribution in [1.82, 2.24) is 4.98 Å². The fourth-order valence-electron chi connectivity index (χ4n) is 4.24. The lowest BCUT2D eigenvalue weighted by molar-refractivity contribution is 0.355. The number of hydrogen-bond donors (Lipinski definition) is 0. The first-order valence-electron chi connectivity index (χ1n) is 10.5. The average molecular weight is 495 g/mol. The van der Waals surface area contributed by atoms with Crippen molar-refractivity contribution in [2.45, 2.75) is 35.1 Å². The number of alkyl halides is 1. The zero-order valence-corrected chi connectivity index (χ0v) is 20.7. The van der Waals surface area contributed by atoms with E-state index in [-0.39, 0.29) is 0 Å². The van der Waals surface area contributed by atoms with E-state index in [1.165, 1.54) is 0 Å². The van der Waals surface area contributed by atoms with Gasteiger partial charge >= 0.3 is 0 Å². The lowest BCUT2D eigenvalue weighted by Gasteiger charge is -2.36. The van der Waals surface area contributed by atoms with Gasteiger partial charge in [0.05, 0.1) is 30.0 Å². The first-order chi connectivity index (χ1) is 15.3. The number of rotatable bonds is 6. The zero-order valence-electron chi connectivity index (χ0n) is 18.3. The van der Waals surface area contributed by atoms with Gasteiger partial charge in [-0.2, -0.15) is 0 Å². The van der Waals surface area contributed by atoms with Crippen LogP contribution in [0.4, 0.5) is 5.13 Å². The average Bonchev–Trinajstić information content (AvgIpc) is 3.28. The predicted molar refractivity (Wildman–Crippen MR) is 131 cm³/mol. The lowest BCUT2D eigenvalue weighted by Crippen LogP contribution is -2.47. The summed E-state index contributed by atoms with van der Waals surface area (Å²) < 4.78 is 37.3. The van der Waals surface area contributed by atoms with Crippen LogP contribution < -0.4 is 14.4 Å². The molecule has 2 unspecified atom stereocenters. The molecular weight excluding hydrogens is 468 g/mol. The number of nitrogens with zero attached hydrogens (tertiary/aromatic N) is 2. The highest BCUT2D eigenvalue weighted by atomic mass is 35.5. The number of anilines is 1. The minimum absolute atomic E-state index is 0.400. The van der Waals surface area contributed by atoms with Crippen LogP contribution in [0.5, 0.6) is 11.5 Å². The number of halogens is 1. The molecule has 4 rings (SSSR count). The second kappa shape index (κ2) is 9.08. The summed E-state index contributed by atoms with van der Waals surface area (Å²) >= 11 is 8.08. The molecule has 1 saturated heterocycles. The Bertz CT molecular complexity index is 1130. The van der Waals surface area contributed by atoms with Crippen molar-refractivity contribution in [2.24, 2.45) is 0 Å². The Morgan fingerprint density at radius 3 is 2.53 bits per heavy atom. The topological polar surface area (TPSA) is 68.7 Å². The van der Waals surface area contributed by atoms with E-state index in [4.69, 9.17) is 26.1 Å².